The molecule has 1 amide bonds. The van der Waals surface area contributed by atoms with Gasteiger partial charge in [-0.1, -0.05) is 18.2 Å². The maximum absolute atomic E-state index is 12.6. The Balaban J connectivity index is 1.76. The number of rotatable bonds is 7. The van der Waals surface area contributed by atoms with E-state index in [9.17, 15) is 13.2 Å². The predicted molar refractivity (Wildman–Crippen MR) is 112 cm³/mol. The number of para-hydroxylation sites is 1. The van der Waals surface area contributed by atoms with E-state index in [0.29, 0.717) is 29.4 Å². The first-order chi connectivity index (χ1) is 13.9. The zero-order valence-corrected chi connectivity index (χ0v) is 16.9. The van der Waals surface area contributed by atoms with Crippen LogP contribution in [0.15, 0.2) is 71.8 Å². The van der Waals surface area contributed by atoms with Crippen molar-refractivity contribution in [3.63, 3.8) is 0 Å². The summed E-state index contributed by atoms with van der Waals surface area (Å²) < 4.78 is 33.2. The smallest absolute Gasteiger partial charge is 0.261 e. The lowest BCUT2D eigenvalue weighted by atomic mass is 10.2. The van der Waals surface area contributed by atoms with Crippen molar-refractivity contribution in [2.45, 2.75) is 18.7 Å². The molecule has 0 atom stereocenters. The van der Waals surface area contributed by atoms with Gasteiger partial charge in [-0.05, 0) is 61.9 Å². The summed E-state index contributed by atoms with van der Waals surface area (Å²) in [6, 6.07) is 16.2. The minimum absolute atomic E-state index is 0.0636. The molecule has 1 heterocycles. The minimum Gasteiger partial charge on any atom is -0.476 e. The van der Waals surface area contributed by atoms with Crippen LogP contribution in [0.1, 0.15) is 22.8 Å². The summed E-state index contributed by atoms with van der Waals surface area (Å²) >= 11 is 0. The first-order valence-corrected chi connectivity index (χ1v) is 10.5. The van der Waals surface area contributed by atoms with Gasteiger partial charge in [0.15, 0.2) is 0 Å². The van der Waals surface area contributed by atoms with Gasteiger partial charge in [0.2, 0.25) is 5.88 Å². The first-order valence-electron chi connectivity index (χ1n) is 8.98. The average Bonchev–Trinajstić information content (AvgIpc) is 2.71. The first kappa shape index (κ1) is 20.3. The van der Waals surface area contributed by atoms with Crippen molar-refractivity contribution in [1.82, 2.24) is 4.98 Å². The van der Waals surface area contributed by atoms with Crippen LogP contribution >= 0.6 is 0 Å². The average molecular weight is 411 g/mol. The van der Waals surface area contributed by atoms with E-state index in [0.717, 1.165) is 5.56 Å². The summed E-state index contributed by atoms with van der Waals surface area (Å²) in [7, 11) is -3.76. The Kier molecular flexibility index (Phi) is 6.13. The molecule has 0 aliphatic carbocycles. The molecule has 7 nitrogen and oxygen atoms in total. The number of anilines is 2. The quantitative estimate of drug-likeness (QED) is 0.616. The monoisotopic (exact) mass is 411 g/mol. The molecule has 1 aromatic heterocycles. The van der Waals surface area contributed by atoms with E-state index in [2.05, 4.69) is 15.0 Å². The van der Waals surface area contributed by atoms with E-state index in [4.69, 9.17) is 4.74 Å². The summed E-state index contributed by atoms with van der Waals surface area (Å²) in [5.41, 5.74) is 2.08. The molecule has 0 spiro atoms. The number of nitrogens with zero attached hydrogens (tertiary/aromatic N) is 1. The highest BCUT2D eigenvalue weighted by Gasteiger charge is 2.17. The number of pyridine rings is 1. The lowest BCUT2D eigenvalue weighted by molar-refractivity contribution is 0.102. The van der Waals surface area contributed by atoms with Crippen molar-refractivity contribution in [3.8, 4) is 5.88 Å². The molecule has 0 fully saturated rings. The number of amides is 1. The van der Waals surface area contributed by atoms with Crippen molar-refractivity contribution in [2.24, 2.45) is 0 Å². The van der Waals surface area contributed by atoms with Gasteiger partial charge < -0.3 is 10.1 Å². The molecule has 0 saturated carbocycles. The normalized spacial score (nSPS) is 11.0. The SMILES string of the molecule is CCOc1ncccc1NC(=O)c1ccc(S(=O)(=O)Nc2ccccc2C)cc1. The molecule has 0 saturated heterocycles. The molecule has 0 unspecified atom stereocenters. The summed E-state index contributed by atoms with van der Waals surface area (Å²) in [5.74, 6) is -0.0697. The largest absolute Gasteiger partial charge is 0.476 e. The number of carbonyl (C=O) groups is 1. The Morgan fingerprint density at radius 1 is 1.00 bits per heavy atom. The van der Waals surface area contributed by atoms with Gasteiger partial charge in [0.05, 0.1) is 17.2 Å². The number of sulfonamides is 1. The van der Waals surface area contributed by atoms with Crippen LogP contribution in [-0.2, 0) is 10.0 Å². The fourth-order valence-corrected chi connectivity index (χ4v) is 3.74. The molecule has 0 aliphatic rings. The number of aromatic nitrogens is 1. The van der Waals surface area contributed by atoms with E-state index in [1.165, 1.54) is 24.3 Å². The van der Waals surface area contributed by atoms with Gasteiger partial charge in [-0.15, -0.1) is 0 Å². The van der Waals surface area contributed by atoms with Crippen LogP contribution in [0.3, 0.4) is 0 Å². The maximum atomic E-state index is 12.6. The highest BCUT2D eigenvalue weighted by atomic mass is 32.2. The van der Waals surface area contributed by atoms with Crippen molar-refractivity contribution >= 4 is 27.3 Å². The molecule has 3 rings (SSSR count). The third kappa shape index (κ3) is 4.91. The van der Waals surface area contributed by atoms with Gasteiger partial charge in [-0.3, -0.25) is 9.52 Å². The van der Waals surface area contributed by atoms with Crippen molar-refractivity contribution in [2.75, 3.05) is 16.6 Å². The second kappa shape index (κ2) is 8.74. The number of hydrogen-bond donors (Lipinski definition) is 2. The van der Waals surface area contributed by atoms with Crippen molar-refractivity contribution in [3.05, 3.63) is 78.0 Å². The van der Waals surface area contributed by atoms with E-state index in [1.54, 1.807) is 30.5 Å². The number of nitrogens with one attached hydrogen (secondary N) is 2. The van der Waals surface area contributed by atoms with Crippen LogP contribution in [0.4, 0.5) is 11.4 Å². The molecular formula is C21H21N3O4S. The van der Waals surface area contributed by atoms with Crippen LogP contribution < -0.4 is 14.8 Å². The van der Waals surface area contributed by atoms with E-state index in [-0.39, 0.29) is 4.90 Å². The Labute approximate surface area is 169 Å². The van der Waals surface area contributed by atoms with Gasteiger partial charge in [0, 0.05) is 11.8 Å². The number of aryl methyl sites for hydroxylation is 1. The van der Waals surface area contributed by atoms with Gasteiger partial charge in [0.25, 0.3) is 15.9 Å². The van der Waals surface area contributed by atoms with Gasteiger partial charge in [-0.2, -0.15) is 0 Å². The summed E-state index contributed by atoms with van der Waals surface area (Å²) in [6.07, 6.45) is 1.57. The summed E-state index contributed by atoms with van der Waals surface area (Å²) in [4.78, 5) is 16.7. The fraction of sp³-hybridized carbons (Fsp3) is 0.143. The van der Waals surface area contributed by atoms with Crippen LogP contribution in [0, 0.1) is 6.92 Å². The third-order valence-electron chi connectivity index (χ3n) is 4.12. The molecule has 0 aliphatic heterocycles. The lowest BCUT2D eigenvalue weighted by Crippen LogP contribution is -2.15. The van der Waals surface area contributed by atoms with Crippen LogP contribution in [0.25, 0.3) is 0 Å². The Morgan fingerprint density at radius 2 is 1.69 bits per heavy atom. The number of benzene rings is 2. The predicted octanol–water partition coefficient (Wildman–Crippen LogP) is 3.84. The van der Waals surface area contributed by atoms with Crippen molar-refractivity contribution < 1.29 is 17.9 Å². The standard InChI is InChI=1S/C21H21N3O4S/c1-3-28-21-19(9-6-14-22-21)23-20(25)16-10-12-17(13-11-16)29(26,27)24-18-8-5-4-7-15(18)2/h4-14,24H,3H2,1-2H3,(H,23,25). The molecule has 0 radical (unpaired) electrons. The molecule has 0 bridgehead atoms. The fourth-order valence-electron chi connectivity index (χ4n) is 2.61. The second-order valence-corrected chi connectivity index (χ2v) is 7.87. The zero-order chi connectivity index (χ0) is 20.9. The molecule has 2 aromatic carbocycles. The minimum atomic E-state index is -3.76. The van der Waals surface area contributed by atoms with Crippen LogP contribution in [0.5, 0.6) is 5.88 Å². The van der Waals surface area contributed by atoms with Gasteiger partial charge >= 0.3 is 0 Å². The Morgan fingerprint density at radius 3 is 2.38 bits per heavy atom. The topological polar surface area (TPSA) is 97.4 Å². The Hall–Kier alpha value is -3.39. The lowest BCUT2D eigenvalue weighted by Gasteiger charge is -2.12. The van der Waals surface area contributed by atoms with E-state index in [1.807, 2.05) is 26.0 Å². The number of ether oxygens (including phenoxy) is 1. The van der Waals surface area contributed by atoms with Crippen LogP contribution in [0.2, 0.25) is 0 Å². The third-order valence-corrected chi connectivity index (χ3v) is 5.50. The number of hydrogen-bond acceptors (Lipinski definition) is 5. The second-order valence-electron chi connectivity index (χ2n) is 6.19. The summed E-state index contributed by atoms with van der Waals surface area (Å²) in [6.45, 7) is 4.06. The molecule has 29 heavy (non-hydrogen) atoms. The number of carbonyl (C=O) groups excluding carboxylic acids is 1. The highest BCUT2D eigenvalue weighted by Crippen LogP contribution is 2.22. The molecule has 8 heteroatoms. The molecule has 2 N–H and O–H groups in total. The molecule has 3 aromatic rings. The summed E-state index contributed by atoms with van der Waals surface area (Å²) in [5, 5.41) is 2.73. The van der Waals surface area contributed by atoms with Gasteiger partial charge in [-0.25, -0.2) is 13.4 Å². The van der Waals surface area contributed by atoms with Gasteiger partial charge in [0.1, 0.15) is 5.69 Å². The van der Waals surface area contributed by atoms with Crippen LogP contribution in [-0.4, -0.2) is 25.9 Å². The Bertz CT molecular complexity index is 1110. The van der Waals surface area contributed by atoms with Crippen molar-refractivity contribution in [1.29, 1.82) is 0 Å². The van der Waals surface area contributed by atoms with E-state index >= 15 is 0 Å². The highest BCUT2D eigenvalue weighted by molar-refractivity contribution is 7.92. The van der Waals surface area contributed by atoms with E-state index < -0.39 is 15.9 Å². The zero-order valence-electron chi connectivity index (χ0n) is 16.0. The maximum Gasteiger partial charge on any atom is 0.261 e. The molecule has 150 valence electrons. The molecular weight excluding hydrogens is 390 g/mol.